The van der Waals surface area contributed by atoms with Gasteiger partial charge in [-0.2, -0.15) is 0 Å². The number of rotatable bonds is 4. The van der Waals surface area contributed by atoms with Crippen LogP contribution >= 0.6 is 11.3 Å². The van der Waals surface area contributed by atoms with E-state index in [0.717, 1.165) is 26.6 Å². The zero-order valence-corrected chi connectivity index (χ0v) is 15.4. The molecule has 0 saturated carbocycles. The summed E-state index contributed by atoms with van der Waals surface area (Å²) >= 11 is 1.54. The summed E-state index contributed by atoms with van der Waals surface area (Å²) in [4.78, 5) is 22.1. The molecule has 0 aliphatic carbocycles. The molecule has 4 nitrogen and oxygen atoms in total. The van der Waals surface area contributed by atoms with Gasteiger partial charge < -0.3 is 9.72 Å². The number of para-hydroxylation sites is 1. The molecule has 5 heteroatoms. The molecule has 26 heavy (non-hydrogen) atoms. The normalized spacial score (nSPS) is 11.0. The SMILES string of the molecule is Cc1ccc(-c2c(C)sc3nc(COc4ccccc4)[nH]c(=O)c23)cc1. The van der Waals surface area contributed by atoms with Gasteiger partial charge in [-0.3, -0.25) is 4.79 Å². The second-order valence-corrected chi connectivity index (χ2v) is 7.40. The van der Waals surface area contributed by atoms with Crippen molar-refractivity contribution in [2.75, 3.05) is 0 Å². The number of hydrogen-bond donors (Lipinski definition) is 1. The van der Waals surface area contributed by atoms with Crippen molar-refractivity contribution in [1.82, 2.24) is 9.97 Å². The van der Waals surface area contributed by atoms with Gasteiger partial charge in [0.15, 0.2) is 0 Å². The zero-order chi connectivity index (χ0) is 18.1. The van der Waals surface area contributed by atoms with Gasteiger partial charge >= 0.3 is 0 Å². The van der Waals surface area contributed by atoms with E-state index in [1.54, 1.807) is 11.3 Å². The first-order chi connectivity index (χ1) is 12.6. The molecule has 130 valence electrons. The van der Waals surface area contributed by atoms with Crippen LogP contribution in [-0.4, -0.2) is 9.97 Å². The van der Waals surface area contributed by atoms with Crippen molar-refractivity contribution < 1.29 is 4.74 Å². The lowest BCUT2D eigenvalue weighted by Crippen LogP contribution is -2.13. The van der Waals surface area contributed by atoms with Crippen LogP contribution in [0.15, 0.2) is 59.4 Å². The van der Waals surface area contributed by atoms with Crippen molar-refractivity contribution in [3.05, 3.63) is 81.2 Å². The van der Waals surface area contributed by atoms with Gasteiger partial charge in [0.05, 0.1) is 5.39 Å². The fourth-order valence-electron chi connectivity index (χ4n) is 2.97. The highest BCUT2D eigenvalue weighted by Crippen LogP contribution is 2.35. The van der Waals surface area contributed by atoms with Crippen LogP contribution in [0.2, 0.25) is 0 Å². The number of nitrogens with zero attached hydrogens (tertiary/aromatic N) is 1. The number of H-pyrrole nitrogens is 1. The van der Waals surface area contributed by atoms with E-state index in [9.17, 15) is 4.79 Å². The molecule has 1 N–H and O–H groups in total. The molecule has 4 rings (SSSR count). The predicted octanol–water partition coefficient (Wildman–Crippen LogP) is 4.85. The third-order valence-corrected chi connectivity index (χ3v) is 5.25. The molecule has 2 aromatic heterocycles. The highest BCUT2D eigenvalue weighted by atomic mass is 32.1. The fraction of sp³-hybridized carbons (Fsp3) is 0.143. The third kappa shape index (κ3) is 3.13. The lowest BCUT2D eigenvalue weighted by Gasteiger charge is -2.06. The average molecular weight is 362 g/mol. The van der Waals surface area contributed by atoms with Gasteiger partial charge in [-0.1, -0.05) is 48.0 Å². The van der Waals surface area contributed by atoms with Crippen LogP contribution in [0.5, 0.6) is 5.75 Å². The molecule has 0 radical (unpaired) electrons. The Morgan fingerprint density at radius 1 is 1.04 bits per heavy atom. The maximum Gasteiger partial charge on any atom is 0.260 e. The van der Waals surface area contributed by atoms with Gasteiger partial charge in [0, 0.05) is 10.4 Å². The smallest absolute Gasteiger partial charge is 0.260 e. The molecule has 0 spiro atoms. The highest BCUT2D eigenvalue weighted by molar-refractivity contribution is 7.19. The fourth-order valence-corrected chi connectivity index (χ4v) is 4.03. The maximum atomic E-state index is 12.7. The van der Waals surface area contributed by atoms with E-state index < -0.39 is 0 Å². The van der Waals surface area contributed by atoms with Crippen molar-refractivity contribution in [2.45, 2.75) is 20.5 Å². The Labute approximate surface area is 155 Å². The number of benzene rings is 2. The minimum Gasteiger partial charge on any atom is -0.486 e. The average Bonchev–Trinajstić information content (AvgIpc) is 2.98. The first-order valence-electron chi connectivity index (χ1n) is 8.39. The van der Waals surface area contributed by atoms with E-state index in [4.69, 9.17) is 4.74 Å². The summed E-state index contributed by atoms with van der Waals surface area (Å²) in [5.74, 6) is 1.28. The Bertz CT molecular complexity index is 1110. The first-order valence-corrected chi connectivity index (χ1v) is 9.20. The molecule has 0 aliphatic rings. The predicted molar refractivity (Wildman–Crippen MR) is 106 cm³/mol. The summed E-state index contributed by atoms with van der Waals surface area (Å²) in [5, 5.41) is 0.653. The molecule has 0 bridgehead atoms. The van der Waals surface area contributed by atoms with E-state index in [1.807, 2.05) is 37.3 Å². The number of ether oxygens (including phenoxy) is 1. The minimum atomic E-state index is -0.124. The van der Waals surface area contributed by atoms with Gasteiger partial charge in [0.2, 0.25) is 0 Å². The van der Waals surface area contributed by atoms with Gasteiger partial charge in [-0.15, -0.1) is 11.3 Å². The second kappa shape index (κ2) is 6.77. The number of aromatic amines is 1. The Hall–Kier alpha value is -2.92. The molecule has 0 fully saturated rings. The van der Waals surface area contributed by atoms with Gasteiger partial charge in [-0.25, -0.2) is 4.98 Å². The summed E-state index contributed by atoms with van der Waals surface area (Å²) in [6.45, 7) is 4.31. The van der Waals surface area contributed by atoms with Crippen molar-refractivity contribution in [1.29, 1.82) is 0 Å². The molecule has 2 heterocycles. The number of nitrogens with one attached hydrogen (secondary N) is 1. The van der Waals surface area contributed by atoms with Crippen LogP contribution in [0.1, 0.15) is 16.3 Å². The number of aromatic nitrogens is 2. The molecule has 2 aromatic carbocycles. The molecule has 4 aromatic rings. The van der Waals surface area contributed by atoms with Gasteiger partial charge in [0.1, 0.15) is 23.0 Å². The molecule has 0 unspecified atom stereocenters. The van der Waals surface area contributed by atoms with Crippen LogP contribution < -0.4 is 10.3 Å². The quantitative estimate of drug-likeness (QED) is 0.565. The van der Waals surface area contributed by atoms with E-state index in [0.29, 0.717) is 11.2 Å². The molecule has 0 amide bonds. The van der Waals surface area contributed by atoms with Crippen LogP contribution in [0.4, 0.5) is 0 Å². The van der Waals surface area contributed by atoms with Crippen LogP contribution in [-0.2, 0) is 6.61 Å². The lowest BCUT2D eigenvalue weighted by atomic mass is 10.0. The van der Waals surface area contributed by atoms with E-state index >= 15 is 0 Å². The monoisotopic (exact) mass is 362 g/mol. The molecule has 0 aliphatic heterocycles. The summed E-state index contributed by atoms with van der Waals surface area (Å²) in [6, 6.07) is 17.7. The van der Waals surface area contributed by atoms with Crippen molar-refractivity contribution in [3.8, 4) is 16.9 Å². The standard InChI is InChI=1S/C21H18N2O2S/c1-13-8-10-15(11-9-13)18-14(2)26-21-19(18)20(24)22-17(23-21)12-25-16-6-4-3-5-7-16/h3-11H,12H2,1-2H3,(H,22,23,24). The van der Waals surface area contributed by atoms with E-state index in [-0.39, 0.29) is 12.2 Å². The van der Waals surface area contributed by atoms with E-state index in [1.165, 1.54) is 5.56 Å². The van der Waals surface area contributed by atoms with Crippen molar-refractivity contribution in [3.63, 3.8) is 0 Å². The molecular weight excluding hydrogens is 344 g/mol. The first kappa shape index (κ1) is 16.5. The van der Waals surface area contributed by atoms with Gasteiger partial charge in [0.25, 0.3) is 5.56 Å². The molecule has 0 saturated heterocycles. The van der Waals surface area contributed by atoms with Crippen LogP contribution in [0.25, 0.3) is 21.3 Å². The minimum absolute atomic E-state index is 0.124. The Balaban J connectivity index is 1.72. The number of aryl methyl sites for hydroxylation is 2. The number of fused-ring (bicyclic) bond motifs is 1. The third-order valence-electron chi connectivity index (χ3n) is 4.25. The summed E-state index contributed by atoms with van der Waals surface area (Å²) in [6.07, 6.45) is 0. The zero-order valence-electron chi connectivity index (χ0n) is 14.6. The topological polar surface area (TPSA) is 55.0 Å². The Morgan fingerprint density at radius 3 is 2.50 bits per heavy atom. The maximum absolute atomic E-state index is 12.7. The summed E-state index contributed by atoms with van der Waals surface area (Å²) in [5.41, 5.74) is 3.08. The molecule has 0 atom stereocenters. The number of thiophene rings is 1. The largest absolute Gasteiger partial charge is 0.486 e. The Kier molecular flexibility index (Phi) is 4.31. The lowest BCUT2D eigenvalue weighted by molar-refractivity contribution is 0.296. The van der Waals surface area contributed by atoms with E-state index in [2.05, 4.69) is 41.2 Å². The van der Waals surface area contributed by atoms with Crippen molar-refractivity contribution in [2.24, 2.45) is 0 Å². The van der Waals surface area contributed by atoms with Gasteiger partial charge in [-0.05, 0) is 31.5 Å². The molecular formula is C21H18N2O2S. The van der Waals surface area contributed by atoms with Crippen LogP contribution in [0, 0.1) is 13.8 Å². The summed E-state index contributed by atoms with van der Waals surface area (Å²) < 4.78 is 5.70. The summed E-state index contributed by atoms with van der Waals surface area (Å²) in [7, 11) is 0. The number of hydrogen-bond acceptors (Lipinski definition) is 4. The van der Waals surface area contributed by atoms with Crippen LogP contribution in [0.3, 0.4) is 0 Å². The Morgan fingerprint density at radius 2 is 1.77 bits per heavy atom. The highest BCUT2D eigenvalue weighted by Gasteiger charge is 2.16. The van der Waals surface area contributed by atoms with Crippen molar-refractivity contribution >= 4 is 21.6 Å². The second-order valence-electron chi connectivity index (χ2n) is 6.19.